The molecule has 9 nitrogen and oxygen atoms in total. The Bertz CT molecular complexity index is 1340. The summed E-state index contributed by atoms with van der Waals surface area (Å²) >= 11 is 0. The van der Waals surface area contributed by atoms with E-state index in [0.29, 0.717) is 36.4 Å². The zero-order chi connectivity index (χ0) is 25.2. The molecule has 0 spiro atoms. The second kappa shape index (κ2) is 9.91. The molecule has 1 aromatic heterocycles. The standard InChI is InChI=1S/C25H28N4O5S/c1-17(2)34-25(31)28-14-15-29(18(3)16-28)24(30)20-9-11-21(12-10-20)27-35(32,33)22-8-4-6-19-7-5-13-26-23(19)22/h4-13,17-18,27H,14-16H2,1-3H3/t18-/m0/s1. The third-order valence-corrected chi connectivity index (χ3v) is 7.17. The van der Waals surface area contributed by atoms with E-state index >= 15 is 0 Å². The Labute approximate surface area is 204 Å². The minimum Gasteiger partial charge on any atom is -0.447 e. The van der Waals surface area contributed by atoms with Crippen molar-refractivity contribution in [3.05, 3.63) is 66.4 Å². The van der Waals surface area contributed by atoms with Crippen molar-refractivity contribution in [2.45, 2.75) is 37.8 Å². The van der Waals surface area contributed by atoms with Crippen molar-refractivity contribution in [3.8, 4) is 0 Å². The predicted octanol–water partition coefficient (Wildman–Crippen LogP) is 3.73. The highest BCUT2D eigenvalue weighted by Gasteiger charge is 2.31. The van der Waals surface area contributed by atoms with Crippen molar-refractivity contribution < 1.29 is 22.7 Å². The lowest BCUT2D eigenvalue weighted by atomic mass is 10.1. The molecule has 1 aliphatic heterocycles. The van der Waals surface area contributed by atoms with E-state index in [1.54, 1.807) is 78.4 Å². The molecule has 35 heavy (non-hydrogen) atoms. The lowest BCUT2D eigenvalue weighted by molar-refractivity contribution is 0.0338. The molecule has 4 rings (SSSR count). The zero-order valence-corrected chi connectivity index (χ0v) is 20.7. The lowest BCUT2D eigenvalue weighted by Gasteiger charge is -2.39. The number of nitrogens with one attached hydrogen (secondary N) is 1. The van der Waals surface area contributed by atoms with Gasteiger partial charge in [-0.25, -0.2) is 13.2 Å². The van der Waals surface area contributed by atoms with Crippen LogP contribution in [0.5, 0.6) is 0 Å². The summed E-state index contributed by atoms with van der Waals surface area (Å²) in [6.07, 6.45) is 0.970. The van der Waals surface area contributed by atoms with Gasteiger partial charge in [0, 0.05) is 48.5 Å². The summed E-state index contributed by atoms with van der Waals surface area (Å²) in [5.74, 6) is -0.179. The van der Waals surface area contributed by atoms with Gasteiger partial charge >= 0.3 is 6.09 Å². The van der Waals surface area contributed by atoms with Crippen LogP contribution >= 0.6 is 0 Å². The first-order chi connectivity index (χ1) is 16.7. The Hall–Kier alpha value is -3.66. The fourth-order valence-electron chi connectivity index (χ4n) is 4.05. The van der Waals surface area contributed by atoms with Crippen molar-refractivity contribution in [2.24, 2.45) is 0 Å². The SMILES string of the molecule is CC(C)OC(=O)N1CCN(C(=O)c2ccc(NS(=O)(=O)c3cccc4cccnc34)cc2)[C@@H](C)C1. The van der Waals surface area contributed by atoms with Crippen LogP contribution < -0.4 is 4.72 Å². The van der Waals surface area contributed by atoms with Gasteiger partial charge in [0.25, 0.3) is 15.9 Å². The Kier molecular flexibility index (Phi) is 6.93. The van der Waals surface area contributed by atoms with E-state index < -0.39 is 10.0 Å². The number of para-hydroxylation sites is 1. The van der Waals surface area contributed by atoms with Crippen molar-refractivity contribution >= 4 is 38.6 Å². The normalized spacial score (nSPS) is 16.4. The van der Waals surface area contributed by atoms with Crippen LogP contribution in [0.1, 0.15) is 31.1 Å². The number of sulfonamides is 1. The molecule has 3 aromatic rings. The third-order valence-electron chi connectivity index (χ3n) is 5.75. The first kappa shape index (κ1) is 24.5. The Morgan fingerprint density at radius 1 is 1.06 bits per heavy atom. The number of fused-ring (bicyclic) bond motifs is 1. The monoisotopic (exact) mass is 496 g/mol. The molecule has 184 valence electrons. The number of rotatable bonds is 5. The fourth-order valence-corrected chi connectivity index (χ4v) is 5.29. The van der Waals surface area contributed by atoms with E-state index in [2.05, 4.69) is 9.71 Å². The molecule has 1 aliphatic rings. The van der Waals surface area contributed by atoms with Crippen LogP contribution in [0, 0.1) is 0 Å². The quantitative estimate of drug-likeness (QED) is 0.577. The lowest BCUT2D eigenvalue weighted by Crippen LogP contribution is -2.55. The highest BCUT2D eigenvalue weighted by molar-refractivity contribution is 7.93. The van der Waals surface area contributed by atoms with Gasteiger partial charge in [0.2, 0.25) is 0 Å². The molecule has 0 unspecified atom stereocenters. The highest BCUT2D eigenvalue weighted by atomic mass is 32.2. The molecular formula is C25H28N4O5S. The number of piperazine rings is 1. The van der Waals surface area contributed by atoms with E-state index in [0.717, 1.165) is 5.39 Å². The Balaban J connectivity index is 1.44. The molecule has 0 bridgehead atoms. The molecule has 2 heterocycles. The Morgan fingerprint density at radius 2 is 1.77 bits per heavy atom. The van der Waals surface area contributed by atoms with Crippen LogP contribution in [-0.4, -0.2) is 67.0 Å². The number of carbonyl (C=O) groups excluding carboxylic acids is 2. The van der Waals surface area contributed by atoms with E-state index in [1.165, 1.54) is 6.07 Å². The molecule has 2 amide bonds. The second-order valence-electron chi connectivity index (χ2n) is 8.74. The minimum atomic E-state index is -3.88. The number of hydrogen-bond acceptors (Lipinski definition) is 6. The van der Waals surface area contributed by atoms with Crippen molar-refractivity contribution in [1.29, 1.82) is 0 Å². The molecule has 1 N–H and O–H groups in total. The molecule has 2 aromatic carbocycles. The van der Waals surface area contributed by atoms with Crippen molar-refractivity contribution in [2.75, 3.05) is 24.4 Å². The maximum atomic E-state index is 13.1. The average Bonchev–Trinajstić information content (AvgIpc) is 2.83. The van der Waals surface area contributed by atoms with Crippen LogP contribution in [0.25, 0.3) is 10.9 Å². The maximum absolute atomic E-state index is 13.1. The summed E-state index contributed by atoms with van der Waals surface area (Å²) < 4.78 is 33.8. The van der Waals surface area contributed by atoms with Crippen LogP contribution in [0.4, 0.5) is 10.5 Å². The van der Waals surface area contributed by atoms with Gasteiger partial charge < -0.3 is 14.5 Å². The van der Waals surface area contributed by atoms with Gasteiger partial charge in [0.1, 0.15) is 4.90 Å². The van der Waals surface area contributed by atoms with Crippen molar-refractivity contribution in [3.63, 3.8) is 0 Å². The summed E-state index contributed by atoms with van der Waals surface area (Å²) in [7, 11) is -3.88. The Morgan fingerprint density at radius 3 is 2.46 bits per heavy atom. The number of anilines is 1. The molecule has 10 heteroatoms. The van der Waals surface area contributed by atoms with E-state index in [-0.39, 0.29) is 29.0 Å². The number of amides is 2. The molecule has 1 saturated heterocycles. The van der Waals surface area contributed by atoms with Gasteiger partial charge in [0.15, 0.2) is 0 Å². The van der Waals surface area contributed by atoms with E-state index in [1.807, 2.05) is 6.92 Å². The average molecular weight is 497 g/mol. The van der Waals surface area contributed by atoms with Gasteiger partial charge in [-0.2, -0.15) is 0 Å². The molecule has 0 aliphatic carbocycles. The molecule has 0 saturated carbocycles. The summed E-state index contributed by atoms with van der Waals surface area (Å²) in [4.78, 5) is 32.9. The van der Waals surface area contributed by atoms with Gasteiger partial charge in [-0.1, -0.05) is 18.2 Å². The van der Waals surface area contributed by atoms with Gasteiger partial charge in [0.05, 0.1) is 11.6 Å². The highest BCUT2D eigenvalue weighted by Crippen LogP contribution is 2.24. The number of aromatic nitrogens is 1. The number of ether oxygens (including phenoxy) is 1. The first-order valence-electron chi connectivity index (χ1n) is 11.4. The zero-order valence-electron chi connectivity index (χ0n) is 19.8. The molecule has 1 atom stereocenters. The van der Waals surface area contributed by atoms with Crippen LogP contribution in [0.15, 0.2) is 65.7 Å². The second-order valence-corrected chi connectivity index (χ2v) is 10.4. The summed E-state index contributed by atoms with van der Waals surface area (Å²) in [5, 5.41) is 0.725. The number of nitrogens with zero attached hydrogens (tertiary/aromatic N) is 3. The number of pyridine rings is 1. The third kappa shape index (κ3) is 5.37. The first-order valence-corrected chi connectivity index (χ1v) is 12.9. The van der Waals surface area contributed by atoms with E-state index in [4.69, 9.17) is 4.74 Å². The van der Waals surface area contributed by atoms with Crippen LogP contribution in [-0.2, 0) is 14.8 Å². The number of benzene rings is 2. The fraction of sp³-hybridized carbons (Fsp3) is 0.320. The summed E-state index contributed by atoms with van der Waals surface area (Å²) in [6, 6.07) is 14.6. The predicted molar refractivity (Wildman–Crippen MR) is 133 cm³/mol. The topological polar surface area (TPSA) is 109 Å². The van der Waals surface area contributed by atoms with E-state index in [9.17, 15) is 18.0 Å². The summed E-state index contributed by atoms with van der Waals surface area (Å²) in [6.45, 7) is 6.63. The van der Waals surface area contributed by atoms with Gasteiger partial charge in [-0.3, -0.25) is 14.5 Å². The smallest absolute Gasteiger partial charge is 0.410 e. The van der Waals surface area contributed by atoms with Gasteiger partial charge in [-0.05, 0) is 57.2 Å². The number of hydrogen-bond donors (Lipinski definition) is 1. The minimum absolute atomic E-state index is 0.0819. The van der Waals surface area contributed by atoms with Gasteiger partial charge in [-0.15, -0.1) is 0 Å². The van der Waals surface area contributed by atoms with Crippen molar-refractivity contribution in [1.82, 2.24) is 14.8 Å². The molecular weight excluding hydrogens is 468 g/mol. The molecule has 1 fully saturated rings. The van der Waals surface area contributed by atoms with Crippen LogP contribution in [0.2, 0.25) is 0 Å². The summed E-state index contributed by atoms with van der Waals surface area (Å²) in [5.41, 5.74) is 1.16. The van der Waals surface area contributed by atoms with Crippen LogP contribution in [0.3, 0.4) is 0 Å². The number of carbonyl (C=O) groups is 2. The molecule has 0 radical (unpaired) electrons. The largest absolute Gasteiger partial charge is 0.447 e. The maximum Gasteiger partial charge on any atom is 0.410 e.